The molecule has 2 saturated heterocycles. The summed E-state index contributed by atoms with van der Waals surface area (Å²) in [5, 5.41) is 2.91. The van der Waals surface area contributed by atoms with E-state index in [4.69, 9.17) is 13.9 Å². The SMILES string of the molecule is COc1ccc(C(=O)N2CCC3(CC2)OCC(C(=O)NCCN(C)C)N3C(=O)c2ccco2)cc1. The van der Waals surface area contributed by atoms with Crippen molar-refractivity contribution >= 4 is 17.7 Å². The summed E-state index contributed by atoms with van der Waals surface area (Å²) in [6.45, 7) is 2.01. The van der Waals surface area contributed by atoms with E-state index in [2.05, 4.69) is 5.32 Å². The van der Waals surface area contributed by atoms with Crippen LogP contribution >= 0.6 is 0 Å². The monoisotopic (exact) mass is 484 g/mol. The molecule has 0 aliphatic carbocycles. The zero-order valence-electron chi connectivity index (χ0n) is 20.4. The molecule has 3 heterocycles. The van der Waals surface area contributed by atoms with Gasteiger partial charge in [-0.3, -0.25) is 19.3 Å². The first-order valence-corrected chi connectivity index (χ1v) is 11.7. The number of furan rings is 1. The lowest BCUT2D eigenvalue weighted by Crippen LogP contribution is -2.60. The number of nitrogens with one attached hydrogen (secondary N) is 1. The molecule has 1 atom stereocenters. The predicted molar refractivity (Wildman–Crippen MR) is 127 cm³/mol. The van der Waals surface area contributed by atoms with Crippen molar-refractivity contribution in [3.05, 3.63) is 54.0 Å². The van der Waals surface area contributed by atoms with Crippen LogP contribution in [0.1, 0.15) is 33.8 Å². The van der Waals surface area contributed by atoms with E-state index in [9.17, 15) is 14.4 Å². The minimum atomic E-state index is -0.982. The Morgan fingerprint density at radius 3 is 2.43 bits per heavy atom. The molecule has 2 aliphatic rings. The largest absolute Gasteiger partial charge is 0.497 e. The van der Waals surface area contributed by atoms with E-state index in [-0.39, 0.29) is 24.2 Å². The molecule has 2 aliphatic heterocycles. The molecule has 0 bridgehead atoms. The van der Waals surface area contributed by atoms with Gasteiger partial charge in [0.1, 0.15) is 17.5 Å². The summed E-state index contributed by atoms with van der Waals surface area (Å²) in [4.78, 5) is 44.7. The molecule has 1 aromatic heterocycles. The van der Waals surface area contributed by atoms with Crippen LogP contribution in [0.15, 0.2) is 47.1 Å². The fraction of sp³-hybridized carbons (Fsp3) is 0.480. The summed E-state index contributed by atoms with van der Waals surface area (Å²) in [6.07, 6.45) is 2.21. The second kappa shape index (κ2) is 10.5. The Morgan fingerprint density at radius 1 is 1.11 bits per heavy atom. The fourth-order valence-electron chi connectivity index (χ4n) is 4.58. The third-order valence-electron chi connectivity index (χ3n) is 6.54. The van der Waals surface area contributed by atoms with Crippen LogP contribution in [0.25, 0.3) is 0 Å². The zero-order valence-corrected chi connectivity index (χ0v) is 20.4. The van der Waals surface area contributed by atoms with Gasteiger partial charge in [0, 0.05) is 44.6 Å². The number of hydrogen-bond acceptors (Lipinski definition) is 7. The maximum Gasteiger partial charge on any atom is 0.292 e. The van der Waals surface area contributed by atoms with Crippen molar-refractivity contribution in [2.24, 2.45) is 0 Å². The number of hydrogen-bond donors (Lipinski definition) is 1. The Labute approximate surface area is 204 Å². The molecule has 2 fully saturated rings. The Balaban J connectivity index is 1.49. The van der Waals surface area contributed by atoms with Crippen molar-refractivity contribution in [3.63, 3.8) is 0 Å². The van der Waals surface area contributed by atoms with Gasteiger partial charge < -0.3 is 29.0 Å². The van der Waals surface area contributed by atoms with Crippen molar-refractivity contribution in [3.8, 4) is 5.75 Å². The van der Waals surface area contributed by atoms with Crippen molar-refractivity contribution in [1.82, 2.24) is 20.0 Å². The Bertz CT molecular complexity index is 1030. The Morgan fingerprint density at radius 2 is 1.83 bits per heavy atom. The first-order valence-electron chi connectivity index (χ1n) is 11.7. The number of carbonyl (C=O) groups excluding carboxylic acids is 3. The number of benzene rings is 1. The highest BCUT2D eigenvalue weighted by molar-refractivity contribution is 5.97. The number of ether oxygens (including phenoxy) is 2. The lowest BCUT2D eigenvalue weighted by Gasteiger charge is -2.44. The first-order chi connectivity index (χ1) is 16.8. The second-order valence-electron chi connectivity index (χ2n) is 9.04. The molecular weight excluding hydrogens is 452 g/mol. The summed E-state index contributed by atoms with van der Waals surface area (Å²) < 4.78 is 16.7. The van der Waals surface area contributed by atoms with Crippen molar-refractivity contribution in [2.75, 3.05) is 54.0 Å². The zero-order chi connectivity index (χ0) is 25.0. The van der Waals surface area contributed by atoms with Crippen LogP contribution in [0.4, 0.5) is 0 Å². The lowest BCUT2D eigenvalue weighted by atomic mass is 9.96. The van der Waals surface area contributed by atoms with Gasteiger partial charge in [0.15, 0.2) is 5.76 Å². The Hall–Kier alpha value is -3.37. The highest BCUT2D eigenvalue weighted by atomic mass is 16.5. The number of methoxy groups -OCH3 is 1. The van der Waals surface area contributed by atoms with E-state index in [0.29, 0.717) is 50.3 Å². The molecule has 188 valence electrons. The van der Waals surface area contributed by atoms with E-state index in [0.717, 1.165) is 0 Å². The number of carbonyl (C=O) groups is 3. The molecule has 0 radical (unpaired) electrons. The molecule has 0 saturated carbocycles. The minimum Gasteiger partial charge on any atom is -0.497 e. The number of likely N-dealkylation sites (tertiary alicyclic amines) is 1. The Kier molecular flexibility index (Phi) is 7.42. The summed E-state index contributed by atoms with van der Waals surface area (Å²) in [6, 6.07) is 9.41. The van der Waals surface area contributed by atoms with Crippen LogP contribution in [-0.4, -0.2) is 98.2 Å². The molecule has 3 amide bonds. The summed E-state index contributed by atoms with van der Waals surface area (Å²) in [7, 11) is 5.43. The highest BCUT2D eigenvalue weighted by Gasteiger charge is 2.54. The average molecular weight is 485 g/mol. The highest BCUT2D eigenvalue weighted by Crippen LogP contribution is 2.39. The molecule has 4 rings (SSSR count). The van der Waals surface area contributed by atoms with E-state index in [1.807, 2.05) is 19.0 Å². The van der Waals surface area contributed by atoms with E-state index in [1.165, 1.54) is 11.2 Å². The van der Waals surface area contributed by atoms with Gasteiger partial charge in [-0.25, -0.2) is 0 Å². The van der Waals surface area contributed by atoms with Crippen LogP contribution in [-0.2, 0) is 9.53 Å². The molecule has 10 heteroatoms. The van der Waals surface area contributed by atoms with E-state index < -0.39 is 17.7 Å². The fourth-order valence-corrected chi connectivity index (χ4v) is 4.58. The summed E-state index contributed by atoms with van der Waals surface area (Å²) >= 11 is 0. The maximum atomic E-state index is 13.4. The van der Waals surface area contributed by atoms with Crippen molar-refractivity contribution in [2.45, 2.75) is 24.6 Å². The summed E-state index contributed by atoms with van der Waals surface area (Å²) in [5.41, 5.74) is -0.417. The van der Waals surface area contributed by atoms with Gasteiger partial charge in [0.05, 0.1) is 20.0 Å². The first kappa shape index (κ1) is 24.7. The van der Waals surface area contributed by atoms with Gasteiger partial charge in [-0.15, -0.1) is 0 Å². The molecule has 2 aromatic rings. The van der Waals surface area contributed by atoms with Crippen molar-refractivity contribution < 1.29 is 28.3 Å². The number of likely N-dealkylation sites (N-methyl/N-ethyl adjacent to an activating group) is 1. The smallest absolute Gasteiger partial charge is 0.292 e. The number of rotatable bonds is 7. The van der Waals surface area contributed by atoms with E-state index in [1.54, 1.807) is 48.4 Å². The topological polar surface area (TPSA) is 105 Å². The van der Waals surface area contributed by atoms with Gasteiger partial charge in [0.25, 0.3) is 11.8 Å². The van der Waals surface area contributed by atoms with Gasteiger partial charge in [-0.1, -0.05) is 0 Å². The van der Waals surface area contributed by atoms with Crippen LogP contribution in [0.3, 0.4) is 0 Å². The van der Waals surface area contributed by atoms with Gasteiger partial charge >= 0.3 is 0 Å². The third-order valence-corrected chi connectivity index (χ3v) is 6.54. The normalized spacial score (nSPS) is 19.3. The molecule has 1 N–H and O–H groups in total. The lowest BCUT2D eigenvalue weighted by molar-refractivity contribution is -0.128. The maximum absolute atomic E-state index is 13.4. The molecule has 1 unspecified atom stereocenters. The molecular formula is C25H32N4O6. The summed E-state index contributed by atoms with van der Waals surface area (Å²) in [5.74, 6) is 0.0798. The van der Waals surface area contributed by atoms with Crippen LogP contribution in [0, 0.1) is 0 Å². The van der Waals surface area contributed by atoms with Gasteiger partial charge in [0.2, 0.25) is 5.91 Å². The van der Waals surface area contributed by atoms with E-state index >= 15 is 0 Å². The standard InChI is InChI=1S/C25H32N4O6/c1-27(2)15-12-26-22(30)20-17-35-25(29(20)24(32)21-5-4-16-34-21)10-13-28(14-11-25)23(31)18-6-8-19(33-3)9-7-18/h4-9,16,20H,10-15,17H2,1-3H3,(H,26,30). The average Bonchev–Trinajstić information content (AvgIpc) is 3.53. The number of piperidine rings is 1. The predicted octanol–water partition coefficient (Wildman–Crippen LogP) is 1.44. The van der Waals surface area contributed by atoms with Crippen molar-refractivity contribution in [1.29, 1.82) is 0 Å². The van der Waals surface area contributed by atoms with Crippen LogP contribution in [0.5, 0.6) is 5.75 Å². The quantitative estimate of drug-likeness (QED) is 0.634. The molecule has 1 aromatic carbocycles. The minimum absolute atomic E-state index is 0.0900. The molecule has 35 heavy (non-hydrogen) atoms. The third kappa shape index (κ3) is 5.18. The van der Waals surface area contributed by atoms with Gasteiger partial charge in [-0.2, -0.15) is 0 Å². The number of nitrogens with zero attached hydrogens (tertiary/aromatic N) is 3. The molecule has 1 spiro atoms. The second-order valence-corrected chi connectivity index (χ2v) is 9.04. The van der Waals surface area contributed by atoms with Crippen LogP contribution < -0.4 is 10.1 Å². The van der Waals surface area contributed by atoms with Crippen LogP contribution in [0.2, 0.25) is 0 Å². The van der Waals surface area contributed by atoms with Gasteiger partial charge in [-0.05, 0) is 50.5 Å². The molecule has 10 nitrogen and oxygen atoms in total. The number of amides is 3.